The van der Waals surface area contributed by atoms with Crippen LogP contribution in [-0.2, 0) is 0 Å². The van der Waals surface area contributed by atoms with Gasteiger partial charge in [0.2, 0.25) is 0 Å². The number of hydrogen-bond donors (Lipinski definition) is 2. The first-order valence-corrected chi connectivity index (χ1v) is 4.94. The van der Waals surface area contributed by atoms with Crippen LogP contribution in [0.3, 0.4) is 0 Å². The number of nitrogens with one attached hydrogen (secondary N) is 1. The van der Waals surface area contributed by atoms with Crippen LogP contribution in [0.5, 0.6) is 5.75 Å². The highest BCUT2D eigenvalue weighted by Crippen LogP contribution is 2.25. The van der Waals surface area contributed by atoms with E-state index in [9.17, 15) is 4.79 Å². The van der Waals surface area contributed by atoms with Gasteiger partial charge in [0.15, 0.2) is 0 Å². The van der Waals surface area contributed by atoms with E-state index >= 15 is 0 Å². The third kappa shape index (κ3) is 1.84. The lowest BCUT2D eigenvalue weighted by Gasteiger charge is -2.09. The van der Waals surface area contributed by atoms with Gasteiger partial charge in [0.1, 0.15) is 11.4 Å². The van der Waals surface area contributed by atoms with Crippen LogP contribution in [0.15, 0.2) is 18.5 Å². The van der Waals surface area contributed by atoms with E-state index in [0.717, 1.165) is 5.39 Å². The monoisotopic (exact) mass is 220 g/mol. The number of carboxylic acids is 1. The molecular weight excluding hydrogens is 208 g/mol. The van der Waals surface area contributed by atoms with Gasteiger partial charge in [-0.05, 0) is 19.9 Å². The lowest BCUT2D eigenvalue weighted by molar-refractivity contribution is 0.0691. The van der Waals surface area contributed by atoms with Gasteiger partial charge >= 0.3 is 5.97 Å². The highest BCUT2D eigenvalue weighted by atomic mass is 16.5. The Labute approximate surface area is 92.1 Å². The van der Waals surface area contributed by atoms with Gasteiger partial charge < -0.3 is 14.8 Å². The zero-order valence-corrected chi connectivity index (χ0v) is 9.02. The Morgan fingerprint density at radius 2 is 2.25 bits per heavy atom. The van der Waals surface area contributed by atoms with Crippen LogP contribution in [0.2, 0.25) is 0 Å². The van der Waals surface area contributed by atoms with Crippen LogP contribution in [0, 0.1) is 0 Å². The Morgan fingerprint density at radius 3 is 2.88 bits per heavy atom. The molecule has 2 N–H and O–H groups in total. The molecule has 0 amide bonds. The zero-order valence-electron chi connectivity index (χ0n) is 9.02. The second-order valence-corrected chi connectivity index (χ2v) is 3.75. The highest BCUT2D eigenvalue weighted by molar-refractivity contribution is 5.95. The normalized spacial score (nSPS) is 10.9. The van der Waals surface area contributed by atoms with E-state index in [0.29, 0.717) is 11.3 Å². The topological polar surface area (TPSA) is 75.2 Å². The summed E-state index contributed by atoms with van der Waals surface area (Å²) in [5.41, 5.74) is 0.798. The molecular formula is C11H12N2O3. The van der Waals surface area contributed by atoms with Crippen molar-refractivity contribution in [3.05, 3.63) is 24.2 Å². The third-order valence-corrected chi connectivity index (χ3v) is 2.10. The first-order valence-electron chi connectivity index (χ1n) is 4.94. The molecule has 0 fully saturated rings. The number of nitrogens with zero attached hydrogens (tertiary/aromatic N) is 1. The van der Waals surface area contributed by atoms with Crippen molar-refractivity contribution in [3.63, 3.8) is 0 Å². The van der Waals surface area contributed by atoms with Gasteiger partial charge in [0, 0.05) is 5.39 Å². The van der Waals surface area contributed by atoms with Crippen LogP contribution in [0.4, 0.5) is 0 Å². The SMILES string of the molecule is CC(C)Oc1cncc2[nH]c(C(=O)O)cc12. The van der Waals surface area contributed by atoms with Crippen molar-refractivity contribution in [2.24, 2.45) is 0 Å². The highest BCUT2D eigenvalue weighted by Gasteiger charge is 2.11. The first-order chi connectivity index (χ1) is 7.58. The molecule has 2 heterocycles. The minimum absolute atomic E-state index is 0.0237. The van der Waals surface area contributed by atoms with E-state index < -0.39 is 5.97 Å². The molecule has 0 aliphatic carbocycles. The molecule has 0 saturated heterocycles. The van der Waals surface area contributed by atoms with Crippen molar-refractivity contribution in [1.29, 1.82) is 0 Å². The Bertz CT molecular complexity index is 531. The Balaban J connectivity index is 2.54. The Hall–Kier alpha value is -2.04. The molecule has 0 bridgehead atoms. The van der Waals surface area contributed by atoms with Gasteiger partial charge in [-0.15, -0.1) is 0 Å². The number of hydrogen-bond acceptors (Lipinski definition) is 3. The van der Waals surface area contributed by atoms with Gasteiger partial charge in [-0.1, -0.05) is 0 Å². The number of aromatic carboxylic acids is 1. The standard InChI is InChI=1S/C11H12N2O3/c1-6(2)16-10-5-12-4-9-7(10)3-8(13-9)11(14)15/h3-6,13H,1-2H3,(H,14,15). The summed E-state index contributed by atoms with van der Waals surface area (Å²) in [5.74, 6) is -0.400. The van der Waals surface area contributed by atoms with Gasteiger partial charge in [0.05, 0.1) is 24.0 Å². The van der Waals surface area contributed by atoms with Gasteiger partial charge in [-0.2, -0.15) is 0 Å². The molecule has 0 aromatic carbocycles. The van der Waals surface area contributed by atoms with Crippen molar-refractivity contribution < 1.29 is 14.6 Å². The molecule has 0 radical (unpaired) electrons. The average molecular weight is 220 g/mol. The van der Waals surface area contributed by atoms with E-state index in [1.54, 1.807) is 18.5 Å². The summed E-state index contributed by atoms with van der Waals surface area (Å²) in [4.78, 5) is 17.6. The van der Waals surface area contributed by atoms with E-state index in [4.69, 9.17) is 9.84 Å². The molecule has 0 unspecified atom stereocenters. The fourth-order valence-corrected chi connectivity index (χ4v) is 1.49. The summed E-state index contributed by atoms with van der Waals surface area (Å²) in [6.45, 7) is 3.81. The average Bonchev–Trinajstić information content (AvgIpc) is 2.61. The summed E-state index contributed by atoms with van der Waals surface area (Å²) < 4.78 is 5.55. The predicted molar refractivity (Wildman–Crippen MR) is 58.8 cm³/mol. The van der Waals surface area contributed by atoms with E-state index in [1.165, 1.54) is 0 Å². The number of pyridine rings is 1. The summed E-state index contributed by atoms with van der Waals surface area (Å²) in [5, 5.41) is 9.60. The molecule has 5 nitrogen and oxygen atoms in total. The summed E-state index contributed by atoms with van der Waals surface area (Å²) >= 11 is 0. The lowest BCUT2D eigenvalue weighted by atomic mass is 10.3. The molecule has 0 atom stereocenters. The lowest BCUT2D eigenvalue weighted by Crippen LogP contribution is -2.05. The summed E-state index contributed by atoms with van der Waals surface area (Å²) in [6, 6.07) is 1.55. The van der Waals surface area contributed by atoms with Crippen molar-refractivity contribution in [2.75, 3.05) is 0 Å². The van der Waals surface area contributed by atoms with Crippen LogP contribution in [-0.4, -0.2) is 27.1 Å². The number of aromatic nitrogens is 2. The number of fused-ring (bicyclic) bond motifs is 1. The quantitative estimate of drug-likeness (QED) is 0.830. The Morgan fingerprint density at radius 1 is 1.50 bits per heavy atom. The van der Waals surface area contributed by atoms with Crippen molar-refractivity contribution in [1.82, 2.24) is 9.97 Å². The van der Waals surface area contributed by atoms with E-state index in [1.807, 2.05) is 13.8 Å². The number of ether oxygens (including phenoxy) is 1. The third-order valence-electron chi connectivity index (χ3n) is 2.10. The van der Waals surface area contributed by atoms with Gasteiger partial charge in [-0.25, -0.2) is 4.79 Å². The predicted octanol–water partition coefficient (Wildman–Crippen LogP) is 2.05. The minimum Gasteiger partial charge on any atom is -0.489 e. The fourth-order valence-electron chi connectivity index (χ4n) is 1.49. The van der Waals surface area contributed by atoms with E-state index in [-0.39, 0.29) is 11.8 Å². The molecule has 5 heteroatoms. The van der Waals surface area contributed by atoms with Crippen LogP contribution in [0.25, 0.3) is 10.9 Å². The van der Waals surface area contributed by atoms with Crippen LogP contribution in [0.1, 0.15) is 24.3 Å². The number of aromatic amines is 1. The molecule has 0 aliphatic heterocycles. The number of H-pyrrole nitrogens is 1. The first kappa shape index (κ1) is 10.5. The van der Waals surface area contributed by atoms with Crippen molar-refractivity contribution in [3.8, 4) is 5.75 Å². The second-order valence-electron chi connectivity index (χ2n) is 3.75. The molecule has 2 aromatic rings. The Kier molecular flexibility index (Phi) is 2.52. The summed E-state index contributed by atoms with van der Waals surface area (Å²) in [6.07, 6.45) is 3.19. The molecule has 0 spiro atoms. The maximum Gasteiger partial charge on any atom is 0.352 e. The number of carbonyl (C=O) groups is 1. The summed E-state index contributed by atoms with van der Waals surface area (Å²) in [7, 11) is 0. The zero-order chi connectivity index (χ0) is 11.7. The number of rotatable bonds is 3. The van der Waals surface area contributed by atoms with Crippen molar-refractivity contribution >= 4 is 16.9 Å². The molecule has 0 saturated carbocycles. The van der Waals surface area contributed by atoms with Crippen LogP contribution < -0.4 is 4.74 Å². The van der Waals surface area contributed by atoms with Gasteiger partial charge in [-0.3, -0.25) is 4.98 Å². The molecule has 2 aromatic heterocycles. The van der Waals surface area contributed by atoms with Crippen LogP contribution >= 0.6 is 0 Å². The largest absolute Gasteiger partial charge is 0.489 e. The maximum absolute atomic E-state index is 10.8. The van der Waals surface area contributed by atoms with Gasteiger partial charge in [0.25, 0.3) is 0 Å². The molecule has 84 valence electrons. The molecule has 2 rings (SSSR count). The second kappa shape index (κ2) is 3.84. The smallest absolute Gasteiger partial charge is 0.352 e. The fraction of sp³-hybridized carbons (Fsp3) is 0.273. The maximum atomic E-state index is 10.8. The molecule has 16 heavy (non-hydrogen) atoms. The minimum atomic E-state index is -0.994. The molecule has 0 aliphatic rings. The number of carboxylic acid groups (broad SMARTS) is 1. The van der Waals surface area contributed by atoms with Crippen molar-refractivity contribution in [2.45, 2.75) is 20.0 Å². The van der Waals surface area contributed by atoms with E-state index in [2.05, 4.69) is 9.97 Å².